The zero-order chi connectivity index (χ0) is 17.7. The van der Waals surface area contributed by atoms with Crippen molar-refractivity contribution in [2.75, 3.05) is 59.4 Å². The summed E-state index contributed by atoms with van der Waals surface area (Å²) in [5.74, 6) is 0.757. The molecule has 0 spiro atoms. The molecule has 24 heavy (non-hydrogen) atoms. The Labute approximate surface area is 144 Å². The molecular weight excluding hydrogens is 306 g/mol. The standard InChI is InChI=1S/C17H29N5O2/c1-14-11-20(13-17(24)19(3)6-4-5-18)12-16(14)22-9-7-21(8-10-22)15(2)23/h14,16H,4,6-13H2,1-3H3/t14-,16+/m0/s1. The Hall–Kier alpha value is -1.65. The number of amides is 2. The summed E-state index contributed by atoms with van der Waals surface area (Å²) in [4.78, 5) is 31.9. The van der Waals surface area contributed by atoms with Gasteiger partial charge in [-0.25, -0.2) is 0 Å². The van der Waals surface area contributed by atoms with Crippen molar-refractivity contribution in [3.05, 3.63) is 0 Å². The minimum Gasteiger partial charge on any atom is -0.344 e. The number of likely N-dealkylation sites (tertiary alicyclic amines) is 1. The predicted molar refractivity (Wildman–Crippen MR) is 91.1 cm³/mol. The molecule has 2 heterocycles. The minimum absolute atomic E-state index is 0.0829. The molecule has 0 radical (unpaired) electrons. The number of rotatable bonds is 5. The molecule has 0 aromatic rings. The van der Waals surface area contributed by atoms with Gasteiger partial charge in [0.1, 0.15) is 0 Å². The van der Waals surface area contributed by atoms with Crippen LogP contribution in [0.1, 0.15) is 20.3 Å². The summed E-state index contributed by atoms with van der Waals surface area (Å²) in [6, 6.07) is 2.53. The summed E-state index contributed by atoms with van der Waals surface area (Å²) < 4.78 is 0. The maximum Gasteiger partial charge on any atom is 0.236 e. The number of nitriles is 1. The number of likely N-dealkylation sites (N-methyl/N-ethyl adjacent to an activating group) is 1. The van der Waals surface area contributed by atoms with Gasteiger partial charge in [0, 0.05) is 65.8 Å². The van der Waals surface area contributed by atoms with Crippen LogP contribution in [0.3, 0.4) is 0 Å². The van der Waals surface area contributed by atoms with E-state index in [2.05, 4.69) is 22.8 Å². The first-order chi connectivity index (χ1) is 11.4. The zero-order valence-electron chi connectivity index (χ0n) is 15.1. The Bertz CT molecular complexity index is 496. The van der Waals surface area contributed by atoms with Gasteiger partial charge in [-0.1, -0.05) is 6.92 Å². The van der Waals surface area contributed by atoms with E-state index in [0.717, 1.165) is 39.3 Å². The lowest BCUT2D eigenvalue weighted by Crippen LogP contribution is -2.53. The van der Waals surface area contributed by atoms with Crippen LogP contribution in [0.2, 0.25) is 0 Å². The lowest BCUT2D eigenvalue weighted by molar-refractivity contribution is -0.132. The molecule has 2 atom stereocenters. The third-order valence-electron chi connectivity index (χ3n) is 5.22. The van der Waals surface area contributed by atoms with E-state index in [1.807, 2.05) is 4.90 Å². The third-order valence-corrected chi connectivity index (χ3v) is 5.22. The van der Waals surface area contributed by atoms with E-state index in [1.165, 1.54) is 0 Å². The second-order valence-corrected chi connectivity index (χ2v) is 7.00. The van der Waals surface area contributed by atoms with Crippen molar-refractivity contribution in [2.45, 2.75) is 26.3 Å². The Kier molecular flexibility index (Phi) is 6.58. The van der Waals surface area contributed by atoms with Crippen molar-refractivity contribution in [2.24, 2.45) is 5.92 Å². The molecule has 0 aliphatic carbocycles. The zero-order valence-corrected chi connectivity index (χ0v) is 15.1. The van der Waals surface area contributed by atoms with Gasteiger partial charge in [0.25, 0.3) is 0 Å². The van der Waals surface area contributed by atoms with Gasteiger partial charge < -0.3 is 9.80 Å². The first-order valence-electron chi connectivity index (χ1n) is 8.75. The van der Waals surface area contributed by atoms with E-state index in [1.54, 1.807) is 18.9 Å². The highest BCUT2D eigenvalue weighted by Gasteiger charge is 2.36. The maximum absolute atomic E-state index is 12.2. The molecule has 7 heteroatoms. The van der Waals surface area contributed by atoms with Gasteiger partial charge >= 0.3 is 0 Å². The third kappa shape index (κ3) is 4.68. The van der Waals surface area contributed by atoms with Crippen LogP contribution in [0.15, 0.2) is 0 Å². The van der Waals surface area contributed by atoms with Crippen LogP contribution in [0.25, 0.3) is 0 Å². The van der Waals surface area contributed by atoms with Gasteiger partial charge in [-0.05, 0) is 5.92 Å². The van der Waals surface area contributed by atoms with Crippen LogP contribution in [0.5, 0.6) is 0 Å². The molecule has 0 aromatic carbocycles. The van der Waals surface area contributed by atoms with Crippen LogP contribution in [0.4, 0.5) is 0 Å². The van der Waals surface area contributed by atoms with Gasteiger partial charge in [0.15, 0.2) is 0 Å². The van der Waals surface area contributed by atoms with Crippen LogP contribution < -0.4 is 0 Å². The van der Waals surface area contributed by atoms with Gasteiger partial charge in [0.05, 0.1) is 19.0 Å². The van der Waals surface area contributed by atoms with Gasteiger partial charge in [0.2, 0.25) is 11.8 Å². The SMILES string of the molecule is CC(=O)N1CCN([C@@H]2CN(CC(=O)N(C)CCC#N)C[C@@H]2C)CC1. The van der Waals surface area contributed by atoms with E-state index in [4.69, 9.17) is 5.26 Å². The fourth-order valence-corrected chi connectivity index (χ4v) is 3.68. The molecule has 0 aromatic heterocycles. The number of nitrogens with zero attached hydrogens (tertiary/aromatic N) is 5. The second kappa shape index (κ2) is 8.45. The predicted octanol–water partition coefficient (Wildman–Crippen LogP) is -0.157. The van der Waals surface area contributed by atoms with Crippen LogP contribution in [0, 0.1) is 17.2 Å². The van der Waals surface area contributed by atoms with Crippen LogP contribution >= 0.6 is 0 Å². The molecule has 2 fully saturated rings. The molecule has 0 bridgehead atoms. The van der Waals surface area contributed by atoms with Crippen molar-refractivity contribution in [3.8, 4) is 6.07 Å². The number of piperazine rings is 1. The summed E-state index contributed by atoms with van der Waals surface area (Å²) in [6.45, 7) is 10.1. The summed E-state index contributed by atoms with van der Waals surface area (Å²) >= 11 is 0. The van der Waals surface area contributed by atoms with Crippen molar-refractivity contribution >= 4 is 11.8 Å². The molecule has 2 saturated heterocycles. The first-order valence-corrected chi connectivity index (χ1v) is 8.75. The quantitative estimate of drug-likeness (QED) is 0.698. The largest absolute Gasteiger partial charge is 0.344 e. The number of hydrogen-bond donors (Lipinski definition) is 0. The Morgan fingerprint density at radius 2 is 1.88 bits per heavy atom. The fraction of sp³-hybridized carbons (Fsp3) is 0.824. The first kappa shape index (κ1) is 18.7. The van der Waals surface area contributed by atoms with Crippen molar-refractivity contribution < 1.29 is 9.59 Å². The average Bonchev–Trinajstić information content (AvgIpc) is 2.92. The molecule has 0 N–H and O–H groups in total. The Balaban J connectivity index is 1.81. The van der Waals surface area contributed by atoms with Gasteiger partial charge in [-0.2, -0.15) is 5.26 Å². The second-order valence-electron chi connectivity index (χ2n) is 7.00. The number of carbonyl (C=O) groups is 2. The maximum atomic E-state index is 12.2. The molecule has 0 unspecified atom stereocenters. The average molecular weight is 335 g/mol. The Morgan fingerprint density at radius 1 is 1.21 bits per heavy atom. The summed E-state index contributed by atoms with van der Waals surface area (Å²) in [6.07, 6.45) is 0.377. The molecule has 2 aliphatic rings. The van der Waals surface area contributed by atoms with Crippen molar-refractivity contribution in [1.82, 2.24) is 19.6 Å². The lowest BCUT2D eigenvalue weighted by atomic mass is 10.0. The van der Waals surface area contributed by atoms with E-state index in [-0.39, 0.29) is 11.8 Å². The highest BCUT2D eigenvalue weighted by Crippen LogP contribution is 2.23. The molecule has 134 valence electrons. The van der Waals surface area contributed by atoms with E-state index >= 15 is 0 Å². The van der Waals surface area contributed by atoms with Crippen molar-refractivity contribution in [3.63, 3.8) is 0 Å². The fourth-order valence-electron chi connectivity index (χ4n) is 3.68. The van der Waals surface area contributed by atoms with Crippen molar-refractivity contribution in [1.29, 1.82) is 5.26 Å². The summed E-state index contributed by atoms with van der Waals surface area (Å²) in [5.41, 5.74) is 0. The minimum atomic E-state index is 0.0829. The molecule has 7 nitrogen and oxygen atoms in total. The molecule has 2 rings (SSSR count). The molecule has 2 aliphatic heterocycles. The van der Waals surface area contributed by atoms with Gasteiger partial charge in [-0.3, -0.25) is 19.4 Å². The van der Waals surface area contributed by atoms with Crippen LogP contribution in [-0.2, 0) is 9.59 Å². The van der Waals surface area contributed by atoms with E-state index in [0.29, 0.717) is 31.5 Å². The number of carbonyl (C=O) groups excluding carboxylic acids is 2. The normalized spacial score (nSPS) is 25.5. The smallest absolute Gasteiger partial charge is 0.236 e. The van der Waals surface area contributed by atoms with Crippen LogP contribution in [-0.4, -0.2) is 96.9 Å². The molecule has 2 amide bonds. The monoisotopic (exact) mass is 335 g/mol. The molecule has 0 saturated carbocycles. The topological polar surface area (TPSA) is 70.9 Å². The van der Waals surface area contributed by atoms with Gasteiger partial charge in [-0.15, -0.1) is 0 Å². The molecular formula is C17H29N5O2. The van der Waals surface area contributed by atoms with E-state index in [9.17, 15) is 9.59 Å². The number of hydrogen-bond acceptors (Lipinski definition) is 5. The summed E-state index contributed by atoms with van der Waals surface area (Å²) in [5, 5.41) is 8.62. The van der Waals surface area contributed by atoms with E-state index < -0.39 is 0 Å². The summed E-state index contributed by atoms with van der Waals surface area (Å²) in [7, 11) is 1.76. The lowest BCUT2D eigenvalue weighted by Gasteiger charge is -2.39. The highest BCUT2D eigenvalue weighted by atomic mass is 16.2. The Morgan fingerprint density at radius 3 is 2.46 bits per heavy atom. The highest BCUT2D eigenvalue weighted by molar-refractivity contribution is 5.78.